The number of Topliss-reactive ketones (excluding diaryl/α,β-unsaturated/α-hetero) is 1. The molecule has 1 amide bonds. The molecule has 1 heterocycles. The minimum absolute atomic E-state index is 0.0705. The van der Waals surface area contributed by atoms with E-state index in [2.05, 4.69) is 0 Å². The fourth-order valence-corrected chi connectivity index (χ4v) is 3.61. The smallest absolute Gasteiger partial charge is 0.295 e. The number of rotatable bonds is 8. The summed E-state index contributed by atoms with van der Waals surface area (Å²) in [6.45, 7) is 3.34. The molecule has 7 heteroatoms. The quantitative estimate of drug-likeness (QED) is 0.399. The zero-order valence-corrected chi connectivity index (χ0v) is 18.3. The molecule has 0 saturated carbocycles. The summed E-state index contributed by atoms with van der Waals surface area (Å²) in [5.74, 6) is -0.256. The number of carbonyl (C=O) groups excluding carboxylic acids is 2. The first kappa shape index (κ1) is 22.4. The molecule has 31 heavy (non-hydrogen) atoms. The predicted octanol–water partition coefficient (Wildman–Crippen LogP) is 3.08. The van der Waals surface area contributed by atoms with Gasteiger partial charge in [0, 0.05) is 18.7 Å². The van der Waals surface area contributed by atoms with Gasteiger partial charge in [0.05, 0.1) is 25.3 Å². The van der Waals surface area contributed by atoms with Crippen LogP contribution in [0.1, 0.15) is 24.1 Å². The number of hydrogen-bond acceptors (Lipinski definition) is 6. The van der Waals surface area contributed by atoms with Crippen LogP contribution in [0.3, 0.4) is 0 Å². The van der Waals surface area contributed by atoms with Gasteiger partial charge in [0.2, 0.25) is 0 Å². The first-order valence-corrected chi connectivity index (χ1v) is 10.2. The molecule has 2 aromatic carbocycles. The molecule has 1 aliphatic rings. The summed E-state index contributed by atoms with van der Waals surface area (Å²) < 4.78 is 10.8. The Morgan fingerprint density at radius 3 is 2.42 bits per heavy atom. The van der Waals surface area contributed by atoms with Crippen molar-refractivity contribution in [1.82, 2.24) is 9.80 Å². The molecule has 1 aliphatic heterocycles. The Bertz CT molecular complexity index is 982. The highest BCUT2D eigenvalue weighted by Crippen LogP contribution is 2.40. The maximum atomic E-state index is 13.0. The Morgan fingerprint density at radius 1 is 1.10 bits per heavy atom. The van der Waals surface area contributed by atoms with Gasteiger partial charge in [-0.25, -0.2) is 0 Å². The fraction of sp³-hybridized carbons (Fsp3) is 0.333. The second-order valence-electron chi connectivity index (χ2n) is 7.53. The normalized spacial score (nSPS) is 18.0. The molecule has 2 aromatic rings. The van der Waals surface area contributed by atoms with Crippen LogP contribution in [0.15, 0.2) is 54.1 Å². The van der Waals surface area contributed by atoms with E-state index in [1.165, 1.54) is 4.90 Å². The van der Waals surface area contributed by atoms with Crippen molar-refractivity contribution in [2.45, 2.75) is 13.0 Å². The molecule has 0 aromatic heterocycles. The van der Waals surface area contributed by atoms with Gasteiger partial charge in [-0.15, -0.1) is 0 Å². The summed E-state index contributed by atoms with van der Waals surface area (Å²) in [6, 6.07) is 13.3. The minimum Gasteiger partial charge on any atom is -0.507 e. The third kappa shape index (κ3) is 4.72. The van der Waals surface area contributed by atoms with E-state index >= 15 is 0 Å². The van der Waals surface area contributed by atoms with Crippen molar-refractivity contribution in [3.8, 4) is 11.5 Å². The fourth-order valence-electron chi connectivity index (χ4n) is 3.61. The number of aliphatic hydroxyl groups excluding tert-OH is 1. The third-order valence-electron chi connectivity index (χ3n) is 5.18. The summed E-state index contributed by atoms with van der Waals surface area (Å²) in [7, 11) is 5.36. The Hall–Kier alpha value is -3.32. The Labute approximate surface area is 182 Å². The van der Waals surface area contributed by atoms with Gasteiger partial charge in [-0.3, -0.25) is 9.59 Å². The Balaban J connectivity index is 2.11. The largest absolute Gasteiger partial charge is 0.507 e. The lowest BCUT2D eigenvalue weighted by Gasteiger charge is -2.26. The maximum Gasteiger partial charge on any atom is 0.295 e. The van der Waals surface area contributed by atoms with Crippen molar-refractivity contribution in [3.63, 3.8) is 0 Å². The molecule has 0 spiro atoms. The van der Waals surface area contributed by atoms with E-state index in [0.717, 1.165) is 0 Å². The molecule has 0 aliphatic carbocycles. The molecular formula is C24H28N2O5. The number of benzene rings is 2. The third-order valence-corrected chi connectivity index (χ3v) is 5.18. The van der Waals surface area contributed by atoms with Gasteiger partial charge >= 0.3 is 0 Å². The maximum absolute atomic E-state index is 13.0. The zero-order chi connectivity index (χ0) is 22.5. The van der Waals surface area contributed by atoms with E-state index in [9.17, 15) is 14.7 Å². The number of ether oxygens (including phenoxy) is 2. The Morgan fingerprint density at radius 2 is 1.81 bits per heavy atom. The standard InChI is InChI=1S/C24H28N2O5/c1-5-31-18-11-9-16(10-12-18)22(27)20-21(17-7-6-8-19(15-17)30-4)26(14-13-25(2)3)24(29)23(20)28/h6-12,15,21,27H,5,13-14H2,1-4H3/b22-20+/t21-/m0/s1. The van der Waals surface area contributed by atoms with Crippen LogP contribution in [0.4, 0.5) is 0 Å². The summed E-state index contributed by atoms with van der Waals surface area (Å²) in [6.07, 6.45) is 0. The monoisotopic (exact) mass is 424 g/mol. The molecule has 0 radical (unpaired) electrons. The molecular weight excluding hydrogens is 396 g/mol. The van der Waals surface area contributed by atoms with Crippen LogP contribution in [-0.4, -0.2) is 67.5 Å². The summed E-state index contributed by atoms with van der Waals surface area (Å²) in [4.78, 5) is 29.4. The van der Waals surface area contributed by atoms with Crippen LogP contribution in [0.25, 0.3) is 5.76 Å². The lowest BCUT2D eigenvalue weighted by Crippen LogP contribution is -2.35. The SMILES string of the molecule is CCOc1ccc(/C(O)=C2\C(=O)C(=O)N(CCN(C)C)[C@H]2c2cccc(OC)c2)cc1. The highest BCUT2D eigenvalue weighted by molar-refractivity contribution is 6.46. The highest BCUT2D eigenvalue weighted by atomic mass is 16.5. The second-order valence-corrected chi connectivity index (χ2v) is 7.53. The van der Waals surface area contributed by atoms with Gasteiger partial charge in [-0.1, -0.05) is 12.1 Å². The molecule has 1 N–H and O–H groups in total. The average Bonchev–Trinajstić information content (AvgIpc) is 3.02. The first-order chi connectivity index (χ1) is 14.9. The van der Waals surface area contributed by atoms with E-state index in [4.69, 9.17) is 9.47 Å². The number of nitrogens with zero attached hydrogens (tertiary/aromatic N) is 2. The van der Waals surface area contributed by atoms with E-state index in [1.54, 1.807) is 49.6 Å². The van der Waals surface area contributed by atoms with Crippen molar-refractivity contribution >= 4 is 17.4 Å². The molecule has 1 fully saturated rings. The van der Waals surface area contributed by atoms with Crippen LogP contribution >= 0.6 is 0 Å². The van der Waals surface area contributed by atoms with Crippen molar-refractivity contribution in [2.24, 2.45) is 0 Å². The van der Waals surface area contributed by atoms with Crippen LogP contribution < -0.4 is 9.47 Å². The van der Waals surface area contributed by atoms with Gasteiger partial charge < -0.3 is 24.4 Å². The van der Waals surface area contributed by atoms with Crippen molar-refractivity contribution in [3.05, 3.63) is 65.2 Å². The molecule has 0 unspecified atom stereocenters. The molecule has 3 rings (SSSR count). The van der Waals surface area contributed by atoms with Gasteiger partial charge in [0.1, 0.15) is 17.3 Å². The topological polar surface area (TPSA) is 79.3 Å². The first-order valence-electron chi connectivity index (χ1n) is 10.2. The average molecular weight is 424 g/mol. The molecule has 164 valence electrons. The summed E-state index contributed by atoms with van der Waals surface area (Å²) >= 11 is 0. The number of methoxy groups -OCH3 is 1. The van der Waals surface area contributed by atoms with E-state index < -0.39 is 17.7 Å². The number of hydrogen-bond donors (Lipinski definition) is 1. The number of carbonyl (C=O) groups is 2. The van der Waals surface area contributed by atoms with Gasteiger partial charge in [0.15, 0.2) is 0 Å². The number of likely N-dealkylation sites (N-methyl/N-ethyl adjacent to an activating group) is 1. The predicted molar refractivity (Wildman–Crippen MR) is 118 cm³/mol. The van der Waals surface area contributed by atoms with Crippen LogP contribution in [0.2, 0.25) is 0 Å². The number of likely N-dealkylation sites (tertiary alicyclic amines) is 1. The highest BCUT2D eigenvalue weighted by Gasteiger charge is 2.46. The molecule has 0 bridgehead atoms. The van der Waals surface area contributed by atoms with Gasteiger partial charge in [-0.2, -0.15) is 0 Å². The number of ketones is 1. The summed E-state index contributed by atoms with van der Waals surface area (Å²) in [5.41, 5.74) is 1.22. The van der Waals surface area contributed by atoms with Gasteiger partial charge in [0.25, 0.3) is 11.7 Å². The summed E-state index contributed by atoms with van der Waals surface area (Å²) in [5, 5.41) is 11.1. The van der Waals surface area contributed by atoms with Gasteiger partial charge in [-0.05, 0) is 63.0 Å². The van der Waals surface area contributed by atoms with Crippen LogP contribution in [-0.2, 0) is 9.59 Å². The second kappa shape index (κ2) is 9.66. The lowest BCUT2D eigenvalue weighted by atomic mass is 9.95. The van der Waals surface area contributed by atoms with E-state index in [-0.39, 0.29) is 11.3 Å². The van der Waals surface area contributed by atoms with E-state index in [0.29, 0.717) is 42.3 Å². The van der Waals surface area contributed by atoms with Crippen molar-refractivity contribution in [2.75, 3.05) is 40.9 Å². The molecule has 7 nitrogen and oxygen atoms in total. The van der Waals surface area contributed by atoms with Crippen LogP contribution in [0, 0.1) is 0 Å². The zero-order valence-electron chi connectivity index (χ0n) is 18.3. The minimum atomic E-state index is -0.707. The lowest BCUT2D eigenvalue weighted by molar-refractivity contribution is -0.140. The Kier molecular flexibility index (Phi) is 6.97. The van der Waals surface area contributed by atoms with Crippen molar-refractivity contribution in [1.29, 1.82) is 0 Å². The number of amides is 1. The van der Waals surface area contributed by atoms with Crippen LogP contribution in [0.5, 0.6) is 11.5 Å². The molecule has 1 saturated heterocycles. The van der Waals surface area contributed by atoms with E-state index in [1.807, 2.05) is 32.0 Å². The van der Waals surface area contributed by atoms with Crippen molar-refractivity contribution < 1.29 is 24.2 Å². The molecule has 1 atom stereocenters. The number of aliphatic hydroxyl groups is 1.